The van der Waals surface area contributed by atoms with Crippen LogP contribution in [0.5, 0.6) is 0 Å². The van der Waals surface area contributed by atoms with Crippen LogP contribution in [0.3, 0.4) is 0 Å². The molecule has 0 spiro atoms. The minimum atomic E-state index is -0.815. The highest BCUT2D eigenvalue weighted by Gasteiger charge is 2.16. The molecule has 1 heterocycles. The number of halogens is 1. The van der Waals surface area contributed by atoms with Crippen molar-refractivity contribution in [2.24, 2.45) is 0 Å². The molecule has 2 rings (SSSR count). The van der Waals surface area contributed by atoms with Crippen LogP contribution in [0.25, 0.3) is 11.0 Å². The van der Waals surface area contributed by atoms with Gasteiger partial charge in [-0.1, -0.05) is 0 Å². The molecule has 0 atom stereocenters. The largest absolute Gasteiger partial charge is 0.422 e. The lowest BCUT2D eigenvalue weighted by molar-refractivity contribution is 0.107. The molecule has 0 saturated carbocycles. The van der Waals surface area contributed by atoms with Gasteiger partial charge in [0.1, 0.15) is 11.1 Å². The van der Waals surface area contributed by atoms with Crippen LogP contribution in [0.4, 0.5) is 5.69 Å². The lowest BCUT2D eigenvalue weighted by Gasteiger charge is -2.04. The van der Waals surface area contributed by atoms with Crippen LogP contribution in [0.2, 0.25) is 0 Å². The summed E-state index contributed by atoms with van der Waals surface area (Å²) >= 11 is 5.32. The summed E-state index contributed by atoms with van der Waals surface area (Å²) in [4.78, 5) is 22.6. The molecular formula is C11H8ClNO3. The molecule has 82 valence electrons. The summed E-state index contributed by atoms with van der Waals surface area (Å²) < 4.78 is 4.97. The van der Waals surface area contributed by atoms with Crippen molar-refractivity contribution in [1.29, 1.82) is 0 Å². The topological polar surface area (TPSA) is 73.3 Å². The van der Waals surface area contributed by atoms with Crippen LogP contribution in [0.15, 0.2) is 27.4 Å². The third-order valence-corrected chi connectivity index (χ3v) is 2.58. The molecule has 2 N–H and O–H groups in total. The van der Waals surface area contributed by atoms with E-state index in [-0.39, 0.29) is 5.56 Å². The number of rotatable bonds is 1. The van der Waals surface area contributed by atoms with Crippen LogP contribution in [0.1, 0.15) is 15.9 Å². The number of carbonyl (C=O) groups is 1. The predicted octanol–water partition coefficient (Wildman–Crippen LogP) is 2.06. The molecular weight excluding hydrogens is 230 g/mol. The smallest absolute Gasteiger partial charge is 0.348 e. The number of nitrogen functional groups attached to an aromatic ring is 1. The van der Waals surface area contributed by atoms with Gasteiger partial charge >= 0.3 is 5.63 Å². The predicted molar refractivity (Wildman–Crippen MR) is 61.8 cm³/mol. The van der Waals surface area contributed by atoms with Crippen molar-refractivity contribution >= 4 is 33.5 Å². The SMILES string of the molecule is Cc1c(C(=O)Cl)c(=O)oc2cc(N)ccc12. The van der Waals surface area contributed by atoms with E-state index in [9.17, 15) is 9.59 Å². The van der Waals surface area contributed by atoms with E-state index in [4.69, 9.17) is 21.8 Å². The van der Waals surface area contributed by atoms with Crippen molar-refractivity contribution < 1.29 is 9.21 Å². The van der Waals surface area contributed by atoms with Crippen LogP contribution >= 0.6 is 11.6 Å². The molecule has 0 aliphatic heterocycles. The van der Waals surface area contributed by atoms with Gasteiger partial charge in [-0.25, -0.2) is 4.79 Å². The van der Waals surface area contributed by atoms with Gasteiger partial charge in [-0.2, -0.15) is 0 Å². The van der Waals surface area contributed by atoms with E-state index in [2.05, 4.69) is 0 Å². The average molecular weight is 238 g/mol. The summed E-state index contributed by atoms with van der Waals surface area (Å²) in [5.74, 6) is 0. The van der Waals surface area contributed by atoms with Gasteiger partial charge < -0.3 is 10.2 Å². The van der Waals surface area contributed by atoms with Gasteiger partial charge in [-0.05, 0) is 36.2 Å². The van der Waals surface area contributed by atoms with Gasteiger partial charge in [-0.15, -0.1) is 0 Å². The summed E-state index contributed by atoms with van der Waals surface area (Å²) in [7, 11) is 0. The fourth-order valence-corrected chi connectivity index (χ4v) is 1.82. The zero-order valence-electron chi connectivity index (χ0n) is 8.41. The maximum atomic E-state index is 11.5. The molecule has 1 aromatic heterocycles. The van der Waals surface area contributed by atoms with Crippen LogP contribution in [-0.2, 0) is 0 Å². The zero-order valence-corrected chi connectivity index (χ0v) is 9.17. The monoisotopic (exact) mass is 237 g/mol. The molecule has 0 radical (unpaired) electrons. The Labute approximate surface area is 95.6 Å². The Bertz CT molecular complexity index is 645. The molecule has 4 nitrogen and oxygen atoms in total. The maximum Gasteiger partial charge on any atom is 0.348 e. The number of fused-ring (bicyclic) bond motifs is 1. The first-order valence-corrected chi connectivity index (χ1v) is 4.91. The van der Waals surface area contributed by atoms with E-state index in [1.165, 1.54) is 6.07 Å². The normalized spacial score (nSPS) is 10.6. The molecule has 0 aliphatic rings. The molecule has 2 aromatic rings. The first-order valence-electron chi connectivity index (χ1n) is 4.53. The van der Waals surface area contributed by atoms with Gasteiger partial charge in [0, 0.05) is 17.1 Å². The molecule has 5 heteroatoms. The van der Waals surface area contributed by atoms with Crippen LogP contribution in [0, 0.1) is 6.92 Å². The summed E-state index contributed by atoms with van der Waals surface area (Å²) in [5, 5.41) is -0.164. The zero-order chi connectivity index (χ0) is 11.9. The molecule has 0 bridgehead atoms. The van der Waals surface area contributed by atoms with Gasteiger partial charge in [0.15, 0.2) is 0 Å². The molecule has 0 unspecified atom stereocenters. The lowest BCUT2D eigenvalue weighted by atomic mass is 10.1. The second-order valence-electron chi connectivity index (χ2n) is 3.42. The highest BCUT2D eigenvalue weighted by atomic mass is 35.5. The van der Waals surface area contributed by atoms with E-state index in [1.807, 2.05) is 0 Å². The van der Waals surface area contributed by atoms with Crippen LogP contribution < -0.4 is 11.4 Å². The van der Waals surface area contributed by atoms with E-state index in [1.54, 1.807) is 19.1 Å². The number of anilines is 1. The Balaban J connectivity index is 2.94. The van der Waals surface area contributed by atoms with Crippen molar-refractivity contribution in [2.75, 3.05) is 5.73 Å². The van der Waals surface area contributed by atoms with Gasteiger partial charge in [0.2, 0.25) is 0 Å². The first kappa shape index (κ1) is 10.7. The van der Waals surface area contributed by atoms with E-state index in [0.717, 1.165) is 0 Å². The second kappa shape index (κ2) is 3.64. The Morgan fingerprint density at radius 3 is 2.75 bits per heavy atom. The number of hydrogen-bond donors (Lipinski definition) is 1. The number of benzene rings is 1. The molecule has 0 fully saturated rings. The number of carbonyl (C=O) groups excluding carboxylic acids is 1. The highest BCUT2D eigenvalue weighted by molar-refractivity contribution is 6.68. The van der Waals surface area contributed by atoms with Crippen molar-refractivity contribution in [2.45, 2.75) is 6.92 Å². The molecule has 16 heavy (non-hydrogen) atoms. The Kier molecular flexibility index (Phi) is 2.44. The first-order chi connectivity index (χ1) is 7.50. The van der Waals surface area contributed by atoms with Crippen LogP contribution in [-0.4, -0.2) is 5.24 Å². The summed E-state index contributed by atoms with van der Waals surface area (Å²) in [6.07, 6.45) is 0. The third kappa shape index (κ3) is 1.57. The quantitative estimate of drug-likeness (QED) is 0.468. The number of nitrogens with two attached hydrogens (primary N) is 1. The molecule has 0 saturated heterocycles. The van der Waals surface area contributed by atoms with Gasteiger partial charge in [-0.3, -0.25) is 4.79 Å². The fourth-order valence-electron chi connectivity index (χ4n) is 1.60. The molecule has 1 aromatic carbocycles. The van der Waals surface area contributed by atoms with E-state index in [0.29, 0.717) is 22.2 Å². The van der Waals surface area contributed by atoms with Crippen molar-refractivity contribution in [3.8, 4) is 0 Å². The lowest BCUT2D eigenvalue weighted by Crippen LogP contribution is -2.12. The molecule has 0 amide bonds. The average Bonchev–Trinajstić information content (AvgIpc) is 2.15. The molecule has 0 aliphatic carbocycles. The Morgan fingerprint density at radius 2 is 2.12 bits per heavy atom. The van der Waals surface area contributed by atoms with Crippen molar-refractivity contribution in [1.82, 2.24) is 0 Å². The Morgan fingerprint density at radius 1 is 1.44 bits per heavy atom. The van der Waals surface area contributed by atoms with Gasteiger partial charge in [0.05, 0.1) is 0 Å². The summed E-state index contributed by atoms with van der Waals surface area (Å²) in [6, 6.07) is 4.89. The fraction of sp³-hybridized carbons (Fsp3) is 0.0909. The van der Waals surface area contributed by atoms with E-state index >= 15 is 0 Å². The number of hydrogen-bond acceptors (Lipinski definition) is 4. The number of aryl methyl sites for hydroxylation is 1. The second-order valence-corrected chi connectivity index (χ2v) is 3.76. The minimum absolute atomic E-state index is 0.126. The maximum absolute atomic E-state index is 11.5. The summed E-state index contributed by atoms with van der Waals surface area (Å²) in [6.45, 7) is 1.64. The van der Waals surface area contributed by atoms with Crippen molar-refractivity contribution in [3.05, 3.63) is 39.7 Å². The standard InChI is InChI=1S/C11H8ClNO3/c1-5-7-3-2-6(13)4-8(7)16-11(15)9(5)10(12)14/h2-4H,13H2,1H3. The summed E-state index contributed by atoms with van der Waals surface area (Å²) in [5.41, 5.74) is 6.04. The van der Waals surface area contributed by atoms with E-state index < -0.39 is 10.9 Å². The van der Waals surface area contributed by atoms with Crippen molar-refractivity contribution in [3.63, 3.8) is 0 Å². The Hall–Kier alpha value is -1.81. The highest BCUT2D eigenvalue weighted by Crippen LogP contribution is 2.22. The third-order valence-electron chi connectivity index (χ3n) is 2.39. The minimum Gasteiger partial charge on any atom is -0.422 e. The van der Waals surface area contributed by atoms with Gasteiger partial charge in [0.25, 0.3) is 5.24 Å².